The Morgan fingerprint density at radius 1 is 0.789 bits per heavy atom. The average molecular weight is 264 g/mol. The SMILES string of the molecule is C1CCC(CNC2CCCCC2C2CCCN2)CC1. The van der Waals surface area contributed by atoms with Crippen molar-refractivity contribution in [1.29, 1.82) is 0 Å². The van der Waals surface area contributed by atoms with Gasteiger partial charge in [0.1, 0.15) is 0 Å². The maximum absolute atomic E-state index is 3.98. The van der Waals surface area contributed by atoms with Crippen molar-refractivity contribution < 1.29 is 0 Å². The zero-order valence-corrected chi connectivity index (χ0v) is 12.5. The Hall–Kier alpha value is -0.0800. The highest BCUT2D eigenvalue weighted by molar-refractivity contribution is 4.91. The van der Waals surface area contributed by atoms with Gasteiger partial charge in [-0.15, -0.1) is 0 Å². The fraction of sp³-hybridized carbons (Fsp3) is 1.00. The second-order valence-corrected chi connectivity index (χ2v) is 7.17. The first-order chi connectivity index (χ1) is 9.43. The van der Waals surface area contributed by atoms with E-state index in [1.807, 2.05) is 0 Å². The zero-order chi connectivity index (χ0) is 12.9. The van der Waals surface area contributed by atoms with Gasteiger partial charge in [0.2, 0.25) is 0 Å². The molecule has 0 aromatic carbocycles. The Labute approximate surface area is 119 Å². The molecule has 3 unspecified atom stereocenters. The molecule has 2 nitrogen and oxygen atoms in total. The van der Waals surface area contributed by atoms with E-state index in [2.05, 4.69) is 10.6 Å². The molecule has 2 saturated carbocycles. The normalized spacial score (nSPS) is 37.6. The second-order valence-electron chi connectivity index (χ2n) is 7.17. The molecular formula is C17H32N2. The fourth-order valence-electron chi connectivity index (χ4n) is 4.68. The molecule has 3 atom stereocenters. The summed E-state index contributed by atoms with van der Waals surface area (Å²) in [5.41, 5.74) is 0. The second kappa shape index (κ2) is 7.08. The smallest absolute Gasteiger partial charge is 0.0111 e. The minimum absolute atomic E-state index is 0.811. The highest BCUT2D eigenvalue weighted by Gasteiger charge is 2.33. The van der Waals surface area contributed by atoms with Crippen LogP contribution in [0.4, 0.5) is 0 Å². The molecule has 0 aromatic rings. The standard InChI is InChI=1S/C17H32N2/c1-2-7-14(8-3-1)13-19-17-10-5-4-9-15(17)16-11-6-12-18-16/h14-19H,1-13H2. The molecule has 19 heavy (non-hydrogen) atoms. The fourth-order valence-corrected chi connectivity index (χ4v) is 4.68. The average Bonchev–Trinajstić information content (AvgIpc) is 3.01. The van der Waals surface area contributed by atoms with Crippen molar-refractivity contribution in [2.75, 3.05) is 13.1 Å². The number of nitrogens with one attached hydrogen (secondary N) is 2. The molecule has 2 N–H and O–H groups in total. The third kappa shape index (κ3) is 3.72. The monoisotopic (exact) mass is 264 g/mol. The van der Waals surface area contributed by atoms with Crippen LogP contribution in [-0.2, 0) is 0 Å². The van der Waals surface area contributed by atoms with Crippen molar-refractivity contribution in [3.05, 3.63) is 0 Å². The molecule has 110 valence electrons. The van der Waals surface area contributed by atoms with Crippen molar-refractivity contribution >= 4 is 0 Å². The van der Waals surface area contributed by atoms with Gasteiger partial charge in [0, 0.05) is 12.1 Å². The van der Waals surface area contributed by atoms with Crippen LogP contribution in [0.3, 0.4) is 0 Å². The van der Waals surface area contributed by atoms with Crippen LogP contribution >= 0.6 is 0 Å². The Morgan fingerprint density at radius 3 is 2.37 bits per heavy atom. The summed E-state index contributed by atoms with van der Waals surface area (Å²) in [4.78, 5) is 0. The molecule has 1 saturated heterocycles. The van der Waals surface area contributed by atoms with Gasteiger partial charge in [0.05, 0.1) is 0 Å². The van der Waals surface area contributed by atoms with Gasteiger partial charge >= 0.3 is 0 Å². The largest absolute Gasteiger partial charge is 0.314 e. The van der Waals surface area contributed by atoms with Crippen molar-refractivity contribution in [1.82, 2.24) is 10.6 Å². The summed E-state index contributed by atoms with van der Waals surface area (Å²) in [5, 5.41) is 7.73. The molecule has 0 radical (unpaired) electrons. The summed E-state index contributed by atoms with van der Waals surface area (Å²) in [5.74, 6) is 1.90. The Bertz CT molecular complexity index is 254. The van der Waals surface area contributed by atoms with Gasteiger partial charge in [-0.1, -0.05) is 32.1 Å². The third-order valence-electron chi connectivity index (χ3n) is 5.83. The Morgan fingerprint density at radius 2 is 1.58 bits per heavy atom. The minimum atomic E-state index is 0.811. The number of rotatable bonds is 4. The van der Waals surface area contributed by atoms with E-state index in [1.54, 1.807) is 0 Å². The topological polar surface area (TPSA) is 24.1 Å². The highest BCUT2D eigenvalue weighted by Crippen LogP contribution is 2.31. The molecule has 0 aromatic heterocycles. The lowest BCUT2D eigenvalue weighted by molar-refractivity contribution is 0.201. The van der Waals surface area contributed by atoms with Crippen LogP contribution < -0.4 is 10.6 Å². The molecular weight excluding hydrogens is 232 g/mol. The minimum Gasteiger partial charge on any atom is -0.314 e. The van der Waals surface area contributed by atoms with E-state index in [0.717, 1.165) is 23.9 Å². The molecule has 0 spiro atoms. The lowest BCUT2D eigenvalue weighted by atomic mass is 9.78. The van der Waals surface area contributed by atoms with E-state index in [1.165, 1.54) is 83.7 Å². The van der Waals surface area contributed by atoms with Gasteiger partial charge in [-0.05, 0) is 63.5 Å². The van der Waals surface area contributed by atoms with Crippen LogP contribution in [0.25, 0.3) is 0 Å². The lowest BCUT2D eigenvalue weighted by Gasteiger charge is -2.37. The van der Waals surface area contributed by atoms with Crippen LogP contribution in [0.1, 0.15) is 70.6 Å². The molecule has 0 bridgehead atoms. The first kappa shape index (κ1) is 13.9. The van der Waals surface area contributed by atoms with E-state index in [0.29, 0.717) is 0 Å². The van der Waals surface area contributed by atoms with Crippen molar-refractivity contribution in [2.24, 2.45) is 11.8 Å². The van der Waals surface area contributed by atoms with Crippen LogP contribution in [-0.4, -0.2) is 25.2 Å². The van der Waals surface area contributed by atoms with E-state index in [9.17, 15) is 0 Å². The van der Waals surface area contributed by atoms with E-state index < -0.39 is 0 Å². The summed E-state index contributed by atoms with van der Waals surface area (Å²) < 4.78 is 0. The Kier molecular flexibility index (Phi) is 5.17. The molecule has 1 heterocycles. The lowest BCUT2D eigenvalue weighted by Crippen LogP contribution is -2.48. The summed E-state index contributed by atoms with van der Waals surface area (Å²) >= 11 is 0. The first-order valence-corrected chi connectivity index (χ1v) is 8.90. The number of hydrogen-bond donors (Lipinski definition) is 2. The highest BCUT2D eigenvalue weighted by atomic mass is 15.0. The quantitative estimate of drug-likeness (QED) is 0.812. The van der Waals surface area contributed by atoms with Crippen LogP contribution in [0.2, 0.25) is 0 Å². The summed E-state index contributed by atoms with van der Waals surface area (Å²) in [6.45, 7) is 2.56. The summed E-state index contributed by atoms with van der Waals surface area (Å²) in [7, 11) is 0. The van der Waals surface area contributed by atoms with Crippen LogP contribution in [0.5, 0.6) is 0 Å². The van der Waals surface area contributed by atoms with Gasteiger partial charge in [0.25, 0.3) is 0 Å². The maximum Gasteiger partial charge on any atom is 0.0111 e. The molecule has 2 aliphatic carbocycles. The molecule has 3 fully saturated rings. The van der Waals surface area contributed by atoms with E-state index in [-0.39, 0.29) is 0 Å². The van der Waals surface area contributed by atoms with E-state index in [4.69, 9.17) is 0 Å². The van der Waals surface area contributed by atoms with Crippen molar-refractivity contribution in [3.63, 3.8) is 0 Å². The van der Waals surface area contributed by atoms with Gasteiger partial charge in [0.15, 0.2) is 0 Å². The molecule has 2 heteroatoms. The third-order valence-corrected chi connectivity index (χ3v) is 5.83. The molecule has 0 amide bonds. The number of hydrogen-bond acceptors (Lipinski definition) is 2. The van der Waals surface area contributed by atoms with Crippen LogP contribution in [0, 0.1) is 11.8 Å². The maximum atomic E-state index is 3.98. The predicted octanol–water partition coefficient (Wildman–Crippen LogP) is 3.47. The first-order valence-electron chi connectivity index (χ1n) is 8.90. The van der Waals surface area contributed by atoms with Gasteiger partial charge < -0.3 is 10.6 Å². The molecule has 3 aliphatic rings. The van der Waals surface area contributed by atoms with Crippen molar-refractivity contribution in [2.45, 2.75) is 82.7 Å². The van der Waals surface area contributed by atoms with Gasteiger partial charge in [-0.3, -0.25) is 0 Å². The van der Waals surface area contributed by atoms with Gasteiger partial charge in [-0.2, -0.15) is 0 Å². The van der Waals surface area contributed by atoms with Crippen molar-refractivity contribution in [3.8, 4) is 0 Å². The molecule has 1 aliphatic heterocycles. The predicted molar refractivity (Wildman–Crippen MR) is 81.3 cm³/mol. The summed E-state index contributed by atoms with van der Waals surface area (Å²) in [6, 6.07) is 1.63. The van der Waals surface area contributed by atoms with E-state index >= 15 is 0 Å². The Balaban J connectivity index is 1.48. The molecule has 3 rings (SSSR count). The summed E-state index contributed by atoms with van der Waals surface area (Å²) in [6.07, 6.45) is 16.0. The zero-order valence-electron chi connectivity index (χ0n) is 12.5. The van der Waals surface area contributed by atoms with Crippen LogP contribution in [0.15, 0.2) is 0 Å². The van der Waals surface area contributed by atoms with Gasteiger partial charge in [-0.25, -0.2) is 0 Å².